The van der Waals surface area contributed by atoms with Crippen molar-refractivity contribution in [1.82, 2.24) is 9.80 Å². The highest BCUT2D eigenvalue weighted by Crippen LogP contribution is 2.46. The Kier molecular flexibility index (Phi) is 5.27. The SMILES string of the molecule is CC(C)(C)OC(=O)N1CCN(Cc2ccc(Br)cc2C(F)(F)F)C2(CC2)C1. The molecule has 1 aliphatic heterocycles. The van der Waals surface area contributed by atoms with Gasteiger partial charge in [-0.2, -0.15) is 13.2 Å². The molecule has 1 saturated heterocycles. The van der Waals surface area contributed by atoms with Crippen LogP contribution in [0.15, 0.2) is 22.7 Å². The zero-order valence-electron chi connectivity index (χ0n) is 15.7. The van der Waals surface area contributed by atoms with Gasteiger partial charge in [0.2, 0.25) is 0 Å². The van der Waals surface area contributed by atoms with Gasteiger partial charge in [-0.3, -0.25) is 4.90 Å². The standard InChI is InChI=1S/C19H24BrF3N2O2/c1-17(2,3)27-16(26)24-8-9-25(18(12-24)6-7-18)11-13-4-5-14(20)10-15(13)19(21,22)23/h4-5,10H,6-9,11-12H2,1-3H3. The second kappa shape index (κ2) is 6.95. The molecule has 27 heavy (non-hydrogen) atoms. The molecule has 8 heteroatoms. The maximum absolute atomic E-state index is 13.4. The monoisotopic (exact) mass is 448 g/mol. The molecule has 1 heterocycles. The second-order valence-corrected chi connectivity index (χ2v) is 9.26. The normalized spacial score (nSPS) is 20.0. The first-order chi connectivity index (χ1) is 12.4. The first kappa shape index (κ1) is 20.5. The molecule has 0 aromatic heterocycles. The van der Waals surface area contributed by atoms with E-state index in [0.29, 0.717) is 24.1 Å². The average Bonchev–Trinajstić information content (AvgIpc) is 3.28. The summed E-state index contributed by atoms with van der Waals surface area (Å²) in [5.41, 5.74) is -1.14. The molecule has 2 fully saturated rings. The number of rotatable bonds is 2. The van der Waals surface area contributed by atoms with Crippen LogP contribution in [-0.2, 0) is 17.5 Å². The van der Waals surface area contributed by atoms with Crippen molar-refractivity contribution < 1.29 is 22.7 Å². The number of hydrogen-bond acceptors (Lipinski definition) is 3. The van der Waals surface area contributed by atoms with E-state index in [1.54, 1.807) is 11.0 Å². The summed E-state index contributed by atoms with van der Waals surface area (Å²) in [5.74, 6) is 0. The van der Waals surface area contributed by atoms with Crippen LogP contribution in [0.4, 0.5) is 18.0 Å². The summed E-state index contributed by atoms with van der Waals surface area (Å²) in [7, 11) is 0. The van der Waals surface area contributed by atoms with Gasteiger partial charge in [0.25, 0.3) is 0 Å². The highest BCUT2D eigenvalue weighted by Gasteiger charge is 2.52. The number of amides is 1. The lowest BCUT2D eigenvalue weighted by molar-refractivity contribution is -0.138. The molecule has 3 rings (SSSR count). The van der Waals surface area contributed by atoms with E-state index >= 15 is 0 Å². The third kappa shape index (κ3) is 4.77. The van der Waals surface area contributed by atoms with Crippen LogP contribution >= 0.6 is 15.9 Å². The van der Waals surface area contributed by atoms with Gasteiger partial charge in [-0.25, -0.2) is 4.79 Å². The fourth-order valence-electron chi connectivity index (χ4n) is 3.52. The van der Waals surface area contributed by atoms with Crippen LogP contribution in [0.5, 0.6) is 0 Å². The molecule has 1 saturated carbocycles. The maximum Gasteiger partial charge on any atom is 0.416 e. The number of alkyl halides is 3. The number of piperazine rings is 1. The van der Waals surface area contributed by atoms with Crippen LogP contribution in [0.25, 0.3) is 0 Å². The molecule has 1 aliphatic carbocycles. The Balaban J connectivity index is 1.73. The molecule has 0 unspecified atom stereocenters. The van der Waals surface area contributed by atoms with Gasteiger partial charge in [-0.05, 0) is 51.3 Å². The van der Waals surface area contributed by atoms with Crippen molar-refractivity contribution in [3.63, 3.8) is 0 Å². The number of halogens is 4. The Hall–Kier alpha value is -1.28. The fraction of sp³-hybridized carbons (Fsp3) is 0.632. The molecule has 150 valence electrons. The molecule has 0 radical (unpaired) electrons. The molecular weight excluding hydrogens is 425 g/mol. The topological polar surface area (TPSA) is 32.8 Å². The lowest BCUT2D eigenvalue weighted by Crippen LogP contribution is -2.56. The summed E-state index contributed by atoms with van der Waals surface area (Å²) in [6, 6.07) is 4.30. The zero-order chi connectivity index (χ0) is 20.0. The van der Waals surface area contributed by atoms with Gasteiger partial charge in [0.15, 0.2) is 0 Å². The van der Waals surface area contributed by atoms with E-state index in [4.69, 9.17) is 4.74 Å². The smallest absolute Gasteiger partial charge is 0.416 e. The third-order valence-electron chi connectivity index (χ3n) is 5.01. The number of benzene rings is 1. The van der Waals surface area contributed by atoms with Crippen LogP contribution in [0.1, 0.15) is 44.7 Å². The number of carbonyl (C=O) groups is 1. The zero-order valence-corrected chi connectivity index (χ0v) is 17.3. The largest absolute Gasteiger partial charge is 0.444 e. The molecule has 1 amide bonds. The Morgan fingerprint density at radius 2 is 1.89 bits per heavy atom. The van der Waals surface area contributed by atoms with Crippen LogP contribution < -0.4 is 0 Å². The van der Waals surface area contributed by atoms with Gasteiger partial charge in [-0.15, -0.1) is 0 Å². The van der Waals surface area contributed by atoms with Crippen LogP contribution in [0, 0.1) is 0 Å². The van der Waals surface area contributed by atoms with E-state index in [2.05, 4.69) is 20.8 Å². The molecule has 0 atom stereocenters. The first-order valence-electron chi connectivity index (χ1n) is 8.98. The van der Waals surface area contributed by atoms with Crippen LogP contribution in [-0.4, -0.2) is 46.7 Å². The Morgan fingerprint density at radius 1 is 1.22 bits per heavy atom. The summed E-state index contributed by atoms with van der Waals surface area (Å²) < 4.78 is 46.1. The maximum atomic E-state index is 13.4. The van der Waals surface area contributed by atoms with Crippen LogP contribution in [0.2, 0.25) is 0 Å². The molecule has 1 aromatic rings. The van der Waals surface area contributed by atoms with Crippen molar-refractivity contribution in [1.29, 1.82) is 0 Å². The minimum absolute atomic E-state index is 0.226. The molecular formula is C19H24BrF3N2O2. The minimum atomic E-state index is -4.39. The van der Waals surface area contributed by atoms with Gasteiger partial charge in [0.1, 0.15) is 5.60 Å². The van der Waals surface area contributed by atoms with E-state index in [-0.39, 0.29) is 23.7 Å². The van der Waals surface area contributed by atoms with Gasteiger partial charge >= 0.3 is 12.3 Å². The highest BCUT2D eigenvalue weighted by atomic mass is 79.9. The Morgan fingerprint density at radius 3 is 2.44 bits per heavy atom. The van der Waals surface area contributed by atoms with E-state index in [1.165, 1.54) is 6.07 Å². The lowest BCUT2D eigenvalue weighted by Gasteiger charge is -2.42. The summed E-state index contributed by atoms with van der Waals surface area (Å²) >= 11 is 3.12. The van der Waals surface area contributed by atoms with Gasteiger partial charge in [-0.1, -0.05) is 22.0 Å². The fourth-order valence-corrected chi connectivity index (χ4v) is 3.88. The van der Waals surface area contributed by atoms with Crippen molar-refractivity contribution >= 4 is 22.0 Å². The molecule has 1 spiro atoms. The summed E-state index contributed by atoms with van der Waals surface area (Å²) in [6.45, 7) is 7.17. The third-order valence-corrected chi connectivity index (χ3v) is 5.51. The van der Waals surface area contributed by atoms with Crippen molar-refractivity contribution in [2.45, 2.75) is 57.5 Å². The number of hydrogen-bond donors (Lipinski definition) is 0. The summed E-state index contributed by atoms with van der Waals surface area (Å²) in [4.78, 5) is 16.1. The molecule has 1 aromatic carbocycles. The van der Waals surface area contributed by atoms with Crippen molar-refractivity contribution in [2.75, 3.05) is 19.6 Å². The highest BCUT2D eigenvalue weighted by molar-refractivity contribution is 9.10. The number of ether oxygens (including phenoxy) is 1. The predicted molar refractivity (Wildman–Crippen MR) is 99.3 cm³/mol. The Labute approximate surface area is 165 Å². The summed E-state index contributed by atoms with van der Waals surface area (Å²) in [5, 5.41) is 0. The van der Waals surface area contributed by atoms with E-state index < -0.39 is 17.3 Å². The van der Waals surface area contributed by atoms with Crippen LogP contribution in [0.3, 0.4) is 0 Å². The predicted octanol–water partition coefficient (Wildman–Crippen LogP) is 5.05. The molecule has 0 N–H and O–H groups in total. The van der Waals surface area contributed by atoms with Crippen molar-refractivity contribution in [2.24, 2.45) is 0 Å². The van der Waals surface area contributed by atoms with E-state index in [1.807, 2.05) is 20.8 Å². The lowest BCUT2D eigenvalue weighted by atomic mass is 10.0. The number of carbonyl (C=O) groups excluding carboxylic acids is 1. The quantitative estimate of drug-likeness (QED) is 0.634. The second-order valence-electron chi connectivity index (χ2n) is 8.35. The van der Waals surface area contributed by atoms with Crippen molar-refractivity contribution in [3.8, 4) is 0 Å². The summed E-state index contributed by atoms with van der Waals surface area (Å²) in [6.07, 6.45) is -2.99. The number of nitrogens with zero attached hydrogens (tertiary/aromatic N) is 2. The van der Waals surface area contributed by atoms with Gasteiger partial charge < -0.3 is 9.64 Å². The molecule has 0 bridgehead atoms. The first-order valence-corrected chi connectivity index (χ1v) is 9.78. The Bertz CT molecular complexity index is 727. The van der Waals surface area contributed by atoms with Crippen molar-refractivity contribution in [3.05, 3.63) is 33.8 Å². The van der Waals surface area contributed by atoms with E-state index in [0.717, 1.165) is 18.9 Å². The van der Waals surface area contributed by atoms with Gasteiger partial charge in [0.05, 0.1) is 5.56 Å². The minimum Gasteiger partial charge on any atom is -0.444 e. The van der Waals surface area contributed by atoms with E-state index in [9.17, 15) is 18.0 Å². The molecule has 2 aliphatic rings. The average molecular weight is 449 g/mol. The molecule has 4 nitrogen and oxygen atoms in total. The van der Waals surface area contributed by atoms with Gasteiger partial charge in [0, 0.05) is 36.2 Å².